The van der Waals surface area contributed by atoms with Gasteiger partial charge in [0.1, 0.15) is 10.7 Å². The molecule has 0 aliphatic rings. The Morgan fingerprint density at radius 2 is 1.88 bits per heavy atom. The maximum Gasteiger partial charge on any atom is 0.281 e. The van der Waals surface area contributed by atoms with E-state index in [1.165, 1.54) is 30.3 Å². The van der Waals surface area contributed by atoms with Crippen molar-refractivity contribution in [1.82, 2.24) is 10.9 Å². The van der Waals surface area contributed by atoms with Crippen molar-refractivity contribution < 1.29 is 14.0 Å². The van der Waals surface area contributed by atoms with Gasteiger partial charge in [-0.25, -0.2) is 4.39 Å². The second-order valence-corrected chi connectivity index (χ2v) is 6.42. The third kappa shape index (κ3) is 3.45. The summed E-state index contributed by atoms with van der Waals surface area (Å²) in [6.45, 7) is 0. The predicted molar refractivity (Wildman–Crippen MR) is 92.9 cm³/mol. The number of hydrazine groups is 1. The van der Waals surface area contributed by atoms with Crippen molar-refractivity contribution in [3.05, 3.63) is 69.3 Å². The molecule has 0 aliphatic heterocycles. The Hall–Kier alpha value is -2.95. The molecule has 8 heteroatoms. The third-order valence-electron chi connectivity index (χ3n) is 3.34. The number of hydrogen-bond acceptors (Lipinski definition) is 4. The maximum absolute atomic E-state index is 13.3. The van der Waals surface area contributed by atoms with E-state index in [0.717, 1.165) is 11.3 Å². The average Bonchev–Trinajstić information content (AvgIpc) is 2.95. The second kappa shape index (κ2) is 6.89. The number of halogens is 2. The number of carbonyl (C=O) groups is 2. The van der Waals surface area contributed by atoms with Crippen LogP contribution in [0.3, 0.4) is 0 Å². The van der Waals surface area contributed by atoms with Gasteiger partial charge in [-0.05, 0) is 36.4 Å². The number of carbonyl (C=O) groups excluding carboxylic acids is 2. The van der Waals surface area contributed by atoms with E-state index in [0.29, 0.717) is 15.6 Å². The van der Waals surface area contributed by atoms with Gasteiger partial charge in [0.05, 0.1) is 16.7 Å². The highest BCUT2D eigenvalue weighted by Gasteiger charge is 2.18. The zero-order chi connectivity index (χ0) is 18.0. The second-order valence-electron chi connectivity index (χ2n) is 4.99. The lowest BCUT2D eigenvalue weighted by atomic mass is 10.1. The topological polar surface area (TPSA) is 82.0 Å². The highest BCUT2D eigenvalue weighted by molar-refractivity contribution is 7.21. The number of amides is 2. The van der Waals surface area contributed by atoms with E-state index in [9.17, 15) is 14.0 Å². The summed E-state index contributed by atoms with van der Waals surface area (Å²) in [5.41, 5.74) is 5.07. The van der Waals surface area contributed by atoms with Gasteiger partial charge in [-0.1, -0.05) is 17.7 Å². The van der Waals surface area contributed by atoms with Crippen LogP contribution in [0.15, 0.2) is 42.5 Å². The summed E-state index contributed by atoms with van der Waals surface area (Å²) >= 11 is 7.18. The van der Waals surface area contributed by atoms with E-state index in [4.69, 9.17) is 16.9 Å². The minimum Gasteiger partial charge on any atom is -0.267 e. The first kappa shape index (κ1) is 16.9. The summed E-state index contributed by atoms with van der Waals surface area (Å²) in [6, 6.07) is 12.0. The van der Waals surface area contributed by atoms with Crippen molar-refractivity contribution in [3.8, 4) is 6.07 Å². The molecule has 3 rings (SSSR count). The third-order valence-corrected chi connectivity index (χ3v) is 5.00. The van der Waals surface area contributed by atoms with E-state index in [1.807, 2.05) is 6.07 Å². The van der Waals surface area contributed by atoms with Gasteiger partial charge in [0.25, 0.3) is 11.8 Å². The summed E-state index contributed by atoms with van der Waals surface area (Å²) in [5, 5.41) is 9.59. The van der Waals surface area contributed by atoms with Gasteiger partial charge < -0.3 is 0 Å². The Labute approximate surface area is 150 Å². The maximum atomic E-state index is 13.3. The van der Waals surface area contributed by atoms with Gasteiger partial charge in [-0.15, -0.1) is 11.3 Å². The molecular weight excluding hydrogens is 365 g/mol. The number of nitrogens with one attached hydrogen (secondary N) is 2. The molecule has 1 heterocycles. The van der Waals surface area contributed by atoms with Crippen LogP contribution in [0.5, 0.6) is 0 Å². The van der Waals surface area contributed by atoms with Gasteiger partial charge in [0, 0.05) is 15.6 Å². The molecule has 0 aliphatic carbocycles. The molecule has 2 N–H and O–H groups in total. The quantitative estimate of drug-likeness (QED) is 0.673. The van der Waals surface area contributed by atoms with E-state index in [2.05, 4.69) is 10.9 Å². The highest BCUT2D eigenvalue weighted by atomic mass is 35.5. The van der Waals surface area contributed by atoms with Crippen molar-refractivity contribution in [1.29, 1.82) is 5.26 Å². The monoisotopic (exact) mass is 373 g/mol. The largest absolute Gasteiger partial charge is 0.281 e. The number of nitrogens with zero attached hydrogens (tertiary/aromatic N) is 1. The minimum absolute atomic E-state index is 0.161. The lowest BCUT2D eigenvalue weighted by Gasteiger charge is -2.06. The smallest absolute Gasteiger partial charge is 0.267 e. The van der Waals surface area contributed by atoms with Crippen LogP contribution in [-0.2, 0) is 0 Å². The number of nitriles is 1. The summed E-state index contributed by atoms with van der Waals surface area (Å²) in [6.07, 6.45) is 0. The molecule has 0 bridgehead atoms. The normalized spacial score (nSPS) is 10.3. The molecule has 0 unspecified atom stereocenters. The van der Waals surface area contributed by atoms with Gasteiger partial charge >= 0.3 is 0 Å². The number of rotatable bonds is 2. The predicted octanol–water partition coefficient (Wildman–Crippen LogP) is 3.64. The standard InChI is InChI=1S/C17H9ClFN3O2S/c18-14-12-5-4-11(19)7-13(12)25-15(14)17(24)22-21-16(23)10-3-1-2-9(6-10)8-20/h1-7H,(H,21,23)(H,22,24). The minimum atomic E-state index is -0.614. The van der Waals surface area contributed by atoms with Crippen molar-refractivity contribution >= 4 is 44.8 Å². The molecule has 0 saturated carbocycles. The first-order valence-corrected chi connectivity index (χ1v) is 8.17. The van der Waals surface area contributed by atoms with Crippen LogP contribution in [0, 0.1) is 17.1 Å². The van der Waals surface area contributed by atoms with E-state index in [1.54, 1.807) is 12.1 Å². The van der Waals surface area contributed by atoms with E-state index in [-0.39, 0.29) is 15.5 Å². The molecule has 0 saturated heterocycles. The molecule has 25 heavy (non-hydrogen) atoms. The lowest BCUT2D eigenvalue weighted by Crippen LogP contribution is -2.41. The fraction of sp³-hybridized carbons (Fsp3) is 0. The summed E-state index contributed by atoms with van der Waals surface area (Å²) in [7, 11) is 0. The molecule has 0 fully saturated rings. The Morgan fingerprint density at radius 3 is 2.64 bits per heavy atom. The van der Waals surface area contributed by atoms with Gasteiger partial charge in [-0.3, -0.25) is 20.4 Å². The first-order valence-electron chi connectivity index (χ1n) is 6.98. The van der Waals surface area contributed by atoms with Crippen molar-refractivity contribution in [2.24, 2.45) is 0 Å². The zero-order valence-corrected chi connectivity index (χ0v) is 14.0. The summed E-state index contributed by atoms with van der Waals surface area (Å²) < 4.78 is 13.8. The van der Waals surface area contributed by atoms with Crippen LogP contribution < -0.4 is 10.9 Å². The molecule has 124 valence electrons. The Balaban J connectivity index is 1.75. The Morgan fingerprint density at radius 1 is 1.12 bits per heavy atom. The Bertz CT molecular complexity index is 1040. The fourth-order valence-corrected chi connectivity index (χ4v) is 3.59. The fourth-order valence-electron chi connectivity index (χ4n) is 2.16. The molecule has 3 aromatic rings. The molecule has 1 aromatic heterocycles. The van der Waals surface area contributed by atoms with Crippen molar-refractivity contribution in [2.45, 2.75) is 0 Å². The van der Waals surface area contributed by atoms with Crippen molar-refractivity contribution in [3.63, 3.8) is 0 Å². The van der Waals surface area contributed by atoms with Crippen LogP contribution in [0.2, 0.25) is 5.02 Å². The number of thiophene rings is 1. The van der Waals surface area contributed by atoms with Gasteiger partial charge in [-0.2, -0.15) is 5.26 Å². The van der Waals surface area contributed by atoms with E-state index >= 15 is 0 Å². The number of benzene rings is 2. The number of fused-ring (bicyclic) bond motifs is 1. The SMILES string of the molecule is N#Cc1cccc(C(=O)NNC(=O)c2sc3cc(F)ccc3c2Cl)c1. The molecule has 0 atom stereocenters. The van der Waals surface area contributed by atoms with Crippen LogP contribution in [-0.4, -0.2) is 11.8 Å². The lowest BCUT2D eigenvalue weighted by molar-refractivity contribution is 0.0849. The van der Waals surface area contributed by atoms with Crippen LogP contribution >= 0.6 is 22.9 Å². The zero-order valence-electron chi connectivity index (χ0n) is 12.5. The highest BCUT2D eigenvalue weighted by Crippen LogP contribution is 2.35. The Kier molecular flexibility index (Phi) is 4.65. The van der Waals surface area contributed by atoms with Crippen LogP contribution in [0.25, 0.3) is 10.1 Å². The van der Waals surface area contributed by atoms with Gasteiger partial charge in [0.15, 0.2) is 0 Å². The molecule has 0 spiro atoms. The van der Waals surface area contributed by atoms with Crippen LogP contribution in [0.4, 0.5) is 4.39 Å². The molecule has 2 aromatic carbocycles. The summed E-state index contributed by atoms with van der Waals surface area (Å²) in [4.78, 5) is 24.4. The van der Waals surface area contributed by atoms with E-state index < -0.39 is 17.6 Å². The molecular formula is C17H9ClFN3O2S. The molecule has 2 amide bonds. The van der Waals surface area contributed by atoms with Crippen LogP contribution in [0.1, 0.15) is 25.6 Å². The molecule has 5 nitrogen and oxygen atoms in total. The first-order chi connectivity index (χ1) is 12.0. The van der Waals surface area contributed by atoms with Gasteiger partial charge in [0.2, 0.25) is 0 Å². The summed E-state index contributed by atoms with van der Waals surface area (Å²) in [5.74, 6) is -1.62. The number of hydrogen-bond donors (Lipinski definition) is 2. The average molecular weight is 374 g/mol. The molecule has 0 radical (unpaired) electrons. The van der Waals surface area contributed by atoms with Crippen molar-refractivity contribution in [2.75, 3.05) is 0 Å².